The first-order chi connectivity index (χ1) is 8.35. The Kier molecular flexibility index (Phi) is 4.59. The van der Waals surface area contributed by atoms with E-state index in [2.05, 4.69) is 35.8 Å². The number of hydrogen-bond donors (Lipinski definition) is 1. The molecular weight excluding hydrogens is 248 g/mol. The molecule has 0 atom stereocenters. The maximum absolute atomic E-state index is 4.70. The molecule has 0 radical (unpaired) electrons. The van der Waals surface area contributed by atoms with Gasteiger partial charge in [-0.15, -0.1) is 11.3 Å². The van der Waals surface area contributed by atoms with Crippen molar-refractivity contribution >= 4 is 23.1 Å². The molecule has 0 saturated heterocycles. The van der Waals surface area contributed by atoms with Crippen molar-refractivity contribution < 1.29 is 0 Å². The summed E-state index contributed by atoms with van der Waals surface area (Å²) in [6, 6.07) is 10.5. The molecule has 0 fully saturated rings. The number of hydrogen-bond acceptors (Lipinski definition) is 4. The molecule has 0 saturated carbocycles. The summed E-state index contributed by atoms with van der Waals surface area (Å²) in [6.07, 6.45) is 2.11. The Hall–Kier alpha value is -0.840. The second-order valence-electron chi connectivity index (χ2n) is 3.71. The van der Waals surface area contributed by atoms with Crippen LogP contribution in [0.1, 0.15) is 10.7 Å². The SMILES string of the molecule is CNCc1nc(CSC)sc1-c1ccccc1. The second kappa shape index (κ2) is 6.19. The van der Waals surface area contributed by atoms with Crippen molar-refractivity contribution in [3.63, 3.8) is 0 Å². The van der Waals surface area contributed by atoms with Gasteiger partial charge in [-0.25, -0.2) is 4.98 Å². The minimum Gasteiger partial charge on any atom is -0.314 e. The maximum atomic E-state index is 4.70. The van der Waals surface area contributed by atoms with Crippen LogP contribution >= 0.6 is 23.1 Å². The lowest BCUT2D eigenvalue weighted by atomic mass is 10.1. The average molecular weight is 264 g/mol. The summed E-state index contributed by atoms with van der Waals surface area (Å²) < 4.78 is 0. The molecule has 1 aromatic carbocycles. The van der Waals surface area contributed by atoms with E-state index in [-0.39, 0.29) is 0 Å². The van der Waals surface area contributed by atoms with Gasteiger partial charge in [-0.2, -0.15) is 11.8 Å². The van der Waals surface area contributed by atoms with Crippen molar-refractivity contribution in [2.24, 2.45) is 0 Å². The number of aromatic nitrogens is 1. The minimum absolute atomic E-state index is 0.828. The third-order valence-corrected chi connectivity index (χ3v) is 4.28. The van der Waals surface area contributed by atoms with Crippen molar-refractivity contribution in [1.82, 2.24) is 10.3 Å². The number of thioether (sulfide) groups is 1. The minimum atomic E-state index is 0.828. The van der Waals surface area contributed by atoms with Crippen LogP contribution in [0.3, 0.4) is 0 Å². The first-order valence-electron chi connectivity index (χ1n) is 5.52. The standard InChI is InChI=1S/C13H16N2S2/c1-14-8-11-13(10-6-4-3-5-7-10)17-12(15-11)9-16-2/h3-7,14H,8-9H2,1-2H3. The van der Waals surface area contributed by atoms with E-state index >= 15 is 0 Å². The number of rotatable bonds is 5. The fourth-order valence-corrected chi connectivity index (χ4v) is 3.47. The summed E-state index contributed by atoms with van der Waals surface area (Å²) in [6.45, 7) is 0.828. The van der Waals surface area contributed by atoms with Crippen molar-refractivity contribution in [3.8, 4) is 10.4 Å². The van der Waals surface area contributed by atoms with Crippen LogP contribution in [0.15, 0.2) is 30.3 Å². The molecule has 1 aromatic heterocycles. The highest BCUT2D eigenvalue weighted by Gasteiger charge is 2.11. The average Bonchev–Trinajstić information content (AvgIpc) is 2.74. The Labute approximate surface area is 110 Å². The monoisotopic (exact) mass is 264 g/mol. The highest BCUT2D eigenvalue weighted by Crippen LogP contribution is 2.31. The lowest BCUT2D eigenvalue weighted by molar-refractivity contribution is 0.796. The van der Waals surface area contributed by atoms with E-state index in [1.807, 2.05) is 24.9 Å². The molecule has 0 aliphatic carbocycles. The molecule has 17 heavy (non-hydrogen) atoms. The quantitative estimate of drug-likeness (QED) is 0.896. The Balaban J connectivity index is 2.37. The lowest BCUT2D eigenvalue weighted by Crippen LogP contribution is -2.06. The summed E-state index contributed by atoms with van der Waals surface area (Å²) in [4.78, 5) is 6.00. The Morgan fingerprint density at radius 2 is 2.06 bits per heavy atom. The van der Waals surface area contributed by atoms with Crippen LogP contribution in [-0.2, 0) is 12.3 Å². The van der Waals surface area contributed by atoms with E-state index in [9.17, 15) is 0 Å². The van der Waals surface area contributed by atoms with E-state index in [0.29, 0.717) is 0 Å². The van der Waals surface area contributed by atoms with Crippen LogP contribution in [0.25, 0.3) is 10.4 Å². The third kappa shape index (κ3) is 3.09. The van der Waals surface area contributed by atoms with Gasteiger partial charge in [0.2, 0.25) is 0 Å². The van der Waals surface area contributed by atoms with Gasteiger partial charge in [0.1, 0.15) is 5.01 Å². The smallest absolute Gasteiger partial charge is 0.103 e. The Bertz CT molecular complexity index is 466. The highest BCUT2D eigenvalue weighted by atomic mass is 32.2. The van der Waals surface area contributed by atoms with Gasteiger partial charge in [-0.1, -0.05) is 30.3 Å². The summed E-state index contributed by atoms with van der Waals surface area (Å²) >= 11 is 3.62. The predicted octanol–water partition coefficient (Wildman–Crippen LogP) is 3.39. The van der Waals surface area contributed by atoms with Gasteiger partial charge in [0.15, 0.2) is 0 Å². The first-order valence-corrected chi connectivity index (χ1v) is 7.73. The molecule has 0 bridgehead atoms. The van der Waals surface area contributed by atoms with Crippen LogP contribution in [0.2, 0.25) is 0 Å². The molecule has 2 aromatic rings. The van der Waals surface area contributed by atoms with Crippen molar-refractivity contribution in [2.45, 2.75) is 12.3 Å². The zero-order valence-corrected chi connectivity index (χ0v) is 11.7. The summed E-state index contributed by atoms with van der Waals surface area (Å²) in [7, 11) is 1.96. The normalized spacial score (nSPS) is 10.7. The molecule has 4 heteroatoms. The molecule has 1 heterocycles. The molecule has 0 unspecified atom stereocenters. The van der Waals surface area contributed by atoms with Crippen LogP contribution < -0.4 is 5.32 Å². The molecule has 0 spiro atoms. The maximum Gasteiger partial charge on any atom is 0.103 e. The topological polar surface area (TPSA) is 24.9 Å². The second-order valence-corrected chi connectivity index (χ2v) is 5.66. The van der Waals surface area contributed by atoms with E-state index in [1.165, 1.54) is 15.4 Å². The van der Waals surface area contributed by atoms with Crippen LogP contribution in [0, 0.1) is 0 Å². The van der Waals surface area contributed by atoms with E-state index < -0.39 is 0 Å². The van der Waals surface area contributed by atoms with Crippen molar-refractivity contribution in [1.29, 1.82) is 0 Å². The molecule has 2 nitrogen and oxygen atoms in total. The highest BCUT2D eigenvalue weighted by molar-refractivity contribution is 7.97. The summed E-state index contributed by atoms with van der Waals surface area (Å²) in [5.41, 5.74) is 2.43. The fourth-order valence-electron chi connectivity index (χ4n) is 1.69. The molecule has 1 N–H and O–H groups in total. The zero-order chi connectivity index (χ0) is 12.1. The number of benzene rings is 1. The van der Waals surface area contributed by atoms with Gasteiger partial charge >= 0.3 is 0 Å². The third-order valence-electron chi connectivity index (χ3n) is 2.39. The summed E-state index contributed by atoms with van der Waals surface area (Å²) in [5, 5.41) is 4.40. The number of nitrogens with one attached hydrogen (secondary N) is 1. The molecule has 0 amide bonds. The van der Waals surface area contributed by atoms with Crippen molar-refractivity contribution in [2.75, 3.05) is 13.3 Å². The van der Waals surface area contributed by atoms with Gasteiger partial charge in [0.05, 0.1) is 10.6 Å². The lowest BCUT2D eigenvalue weighted by Gasteiger charge is -2.00. The van der Waals surface area contributed by atoms with Crippen LogP contribution in [-0.4, -0.2) is 18.3 Å². The zero-order valence-electron chi connectivity index (χ0n) is 10.1. The van der Waals surface area contributed by atoms with Gasteiger partial charge in [-0.3, -0.25) is 0 Å². The fraction of sp³-hybridized carbons (Fsp3) is 0.308. The molecule has 0 aliphatic heterocycles. The Morgan fingerprint density at radius 3 is 2.71 bits per heavy atom. The molecule has 0 aliphatic rings. The van der Waals surface area contributed by atoms with E-state index in [4.69, 9.17) is 4.98 Å². The summed E-state index contributed by atoms with van der Waals surface area (Å²) in [5.74, 6) is 0.994. The Morgan fingerprint density at radius 1 is 1.29 bits per heavy atom. The molecule has 2 rings (SSSR count). The van der Waals surface area contributed by atoms with E-state index in [1.54, 1.807) is 11.3 Å². The van der Waals surface area contributed by atoms with Crippen molar-refractivity contribution in [3.05, 3.63) is 41.0 Å². The van der Waals surface area contributed by atoms with Gasteiger partial charge in [0.25, 0.3) is 0 Å². The largest absolute Gasteiger partial charge is 0.314 e. The van der Waals surface area contributed by atoms with Gasteiger partial charge < -0.3 is 5.32 Å². The number of thiazole rings is 1. The van der Waals surface area contributed by atoms with E-state index in [0.717, 1.165) is 18.0 Å². The van der Waals surface area contributed by atoms with Crippen LogP contribution in [0.4, 0.5) is 0 Å². The predicted molar refractivity (Wildman–Crippen MR) is 77.5 cm³/mol. The van der Waals surface area contributed by atoms with Gasteiger partial charge in [0, 0.05) is 12.3 Å². The van der Waals surface area contributed by atoms with Crippen LogP contribution in [0.5, 0.6) is 0 Å². The first kappa shape index (κ1) is 12.6. The van der Waals surface area contributed by atoms with Gasteiger partial charge in [-0.05, 0) is 18.9 Å². The molecule has 90 valence electrons. The molecular formula is C13H16N2S2. The number of nitrogens with zero attached hydrogens (tertiary/aromatic N) is 1.